The largest absolute Gasteiger partial charge is 0.408 e. The van der Waals surface area contributed by atoms with Gasteiger partial charge in [0.2, 0.25) is 0 Å². The normalized spacial score (nSPS) is 19.4. The molecule has 19 heavy (non-hydrogen) atoms. The summed E-state index contributed by atoms with van der Waals surface area (Å²) in [4.78, 5) is 1.27. The lowest BCUT2D eigenvalue weighted by Crippen LogP contribution is -2.49. The zero-order valence-corrected chi connectivity index (χ0v) is 11.6. The number of halogens is 5. The number of nitrogens with one attached hydrogen (secondary N) is 1. The standard InChI is InChI=1S/C12H13BrF4N2/c13-9-3-1-2-8(10(9)14)11(12(15,16)17)19-6-4-18-5-7-19/h1-3,11,18H,4-7H2/t11-/m1/s1. The van der Waals surface area contributed by atoms with Crippen molar-refractivity contribution >= 4 is 15.9 Å². The Morgan fingerprint density at radius 2 is 1.84 bits per heavy atom. The van der Waals surface area contributed by atoms with Crippen LogP contribution in [-0.4, -0.2) is 37.3 Å². The first-order chi connectivity index (χ1) is 8.91. The van der Waals surface area contributed by atoms with Crippen LogP contribution < -0.4 is 5.32 Å². The topological polar surface area (TPSA) is 15.3 Å². The maximum absolute atomic E-state index is 13.9. The third kappa shape index (κ3) is 3.27. The molecule has 0 radical (unpaired) electrons. The molecule has 0 unspecified atom stereocenters. The van der Waals surface area contributed by atoms with Crippen molar-refractivity contribution in [3.8, 4) is 0 Å². The van der Waals surface area contributed by atoms with E-state index in [1.165, 1.54) is 23.1 Å². The molecule has 1 aromatic carbocycles. The maximum atomic E-state index is 13.9. The molecule has 0 spiro atoms. The van der Waals surface area contributed by atoms with Crippen LogP contribution in [0.1, 0.15) is 11.6 Å². The first-order valence-electron chi connectivity index (χ1n) is 5.86. The summed E-state index contributed by atoms with van der Waals surface area (Å²) in [5, 5.41) is 2.99. The Balaban J connectivity index is 2.40. The fraction of sp³-hybridized carbons (Fsp3) is 0.500. The molecule has 7 heteroatoms. The molecule has 0 aliphatic carbocycles. The minimum Gasteiger partial charge on any atom is -0.314 e. The van der Waals surface area contributed by atoms with Gasteiger partial charge in [-0.25, -0.2) is 4.39 Å². The average Bonchev–Trinajstić information content (AvgIpc) is 2.35. The summed E-state index contributed by atoms with van der Waals surface area (Å²) in [5.74, 6) is -0.844. The fourth-order valence-corrected chi connectivity index (χ4v) is 2.63. The second-order valence-electron chi connectivity index (χ2n) is 4.37. The van der Waals surface area contributed by atoms with Gasteiger partial charge in [-0.2, -0.15) is 13.2 Å². The van der Waals surface area contributed by atoms with Crippen LogP contribution in [0.3, 0.4) is 0 Å². The highest BCUT2D eigenvalue weighted by Crippen LogP contribution is 2.40. The van der Waals surface area contributed by atoms with Crippen LogP contribution >= 0.6 is 15.9 Å². The van der Waals surface area contributed by atoms with Gasteiger partial charge in [0, 0.05) is 31.7 Å². The number of rotatable bonds is 2. The average molecular weight is 341 g/mol. The van der Waals surface area contributed by atoms with E-state index < -0.39 is 18.0 Å². The smallest absolute Gasteiger partial charge is 0.314 e. The van der Waals surface area contributed by atoms with Crippen molar-refractivity contribution in [1.82, 2.24) is 10.2 Å². The summed E-state index contributed by atoms with van der Waals surface area (Å²) < 4.78 is 53.8. The Bertz CT molecular complexity index is 444. The van der Waals surface area contributed by atoms with Crippen LogP contribution in [0.5, 0.6) is 0 Å². The van der Waals surface area contributed by atoms with E-state index in [1.807, 2.05) is 0 Å². The summed E-state index contributed by atoms with van der Waals surface area (Å²) in [6.07, 6.45) is -4.50. The van der Waals surface area contributed by atoms with E-state index in [9.17, 15) is 17.6 Å². The van der Waals surface area contributed by atoms with Gasteiger partial charge in [-0.1, -0.05) is 12.1 Å². The lowest BCUT2D eigenvalue weighted by molar-refractivity contribution is -0.188. The highest BCUT2D eigenvalue weighted by atomic mass is 79.9. The summed E-state index contributed by atoms with van der Waals surface area (Å²) in [5.41, 5.74) is -0.330. The van der Waals surface area contributed by atoms with Crippen LogP contribution in [0.2, 0.25) is 0 Å². The SMILES string of the molecule is Fc1c(Br)cccc1[C@@H](N1CCNCC1)C(F)(F)F. The van der Waals surface area contributed by atoms with E-state index >= 15 is 0 Å². The molecule has 1 heterocycles. The predicted molar refractivity (Wildman–Crippen MR) is 67.3 cm³/mol. The highest BCUT2D eigenvalue weighted by molar-refractivity contribution is 9.10. The summed E-state index contributed by atoms with van der Waals surface area (Å²) >= 11 is 2.93. The van der Waals surface area contributed by atoms with Crippen molar-refractivity contribution < 1.29 is 17.6 Å². The zero-order chi connectivity index (χ0) is 14.0. The van der Waals surface area contributed by atoms with Crippen LogP contribution in [-0.2, 0) is 0 Å². The highest BCUT2D eigenvalue weighted by Gasteiger charge is 2.46. The molecule has 1 aliphatic rings. The minimum atomic E-state index is -4.50. The Morgan fingerprint density at radius 1 is 1.21 bits per heavy atom. The third-order valence-corrected chi connectivity index (χ3v) is 3.72. The van der Waals surface area contributed by atoms with Crippen molar-refractivity contribution in [1.29, 1.82) is 0 Å². The van der Waals surface area contributed by atoms with Crippen LogP contribution in [0.15, 0.2) is 22.7 Å². The Morgan fingerprint density at radius 3 is 2.42 bits per heavy atom. The third-order valence-electron chi connectivity index (χ3n) is 3.10. The van der Waals surface area contributed by atoms with Gasteiger partial charge >= 0.3 is 6.18 Å². The maximum Gasteiger partial charge on any atom is 0.408 e. The van der Waals surface area contributed by atoms with Gasteiger partial charge in [0.1, 0.15) is 11.9 Å². The molecule has 106 valence electrons. The van der Waals surface area contributed by atoms with Gasteiger partial charge in [-0.3, -0.25) is 4.90 Å². The molecule has 1 N–H and O–H groups in total. The molecular formula is C12H13BrF4N2. The number of hydrogen-bond donors (Lipinski definition) is 1. The molecule has 1 atom stereocenters. The molecule has 1 aromatic rings. The number of piperazine rings is 1. The monoisotopic (exact) mass is 340 g/mol. The van der Waals surface area contributed by atoms with Gasteiger partial charge in [0.25, 0.3) is 0 Å². The minimum absolute atomic E-state index is 0.0504. The molecule has 0 bridgehead atoms. The second kappa shape index (κ2) is 5.76. The van der Waals surface area contributed by atoms with Gasteiger partial charge in [0.15, 0.2) is 0 Å². The summed E-state index contributed by atoms with van der Waals surface area (Å²) in [7, 11) is 0. The lowest BCUT2D eigenvalue weighted by atomic mass is 10.0. The molecule has 1 fully saturated rings. The molecule has 2 nitrogen and oxygen atoms in total. The number of nitrogens with zero attached hydrogens (tertiary/aromatic N) is 1. The molecule has 0 amide bonds. The van der Waals surface area contributed by atoms with E-state index in [4.69, 9.17) is 0 Å². The van der Waals surface area contributed by atoms with Crippen molar-refractivity contribution in [2.24, 2.45) is 0 Å². The zero-order valence-electron chi connectivity index (χ0n) is 9.97. The summed E-state index contributed by atoms with van der Waals surface area (Å²) in [6.45, 7) is 1.44. The molecular weight excluding hydrogens is 328 g/mol. The van der Waals surface area contributed by atoms with Gasteiger partial charge in [-0.05, 0) is 22.0 Å². The van der Waals surface area contributed by atoms with Gasteiger partial charge in [0.05, 0.1) is 4.47 Å². The lowest BCUT2D eigenvalue weighted by Gasteiger charge is -2.36. The Kier molecular flexibility index (Phi) is 4.47. The fourth-order valence-electron chi connectivity index (χ4n) is 2.25. The second-order valence-corrected chi connectivity index (χ2v) is 5.23. The first-order valence-corrected chi connectivity index (χ1v) is 6.66. The van der Waals surface area contributed by atoms with Crippen molar-refractivity contribution in [3.63, 3.8) is 0 Å². The van der Waals surface area contributed by atoms with Gasteiger partial charge in [-0.15, -0.1) is 0 Å². The number of alkyl halides is 3. The van der Waals surface area contributed by atoms with Crippen molar-refractivity contribution in [2.75, 3.05) is 26.2 Å². The Labute approximate surface area is 116 Å². The molecule has 1 aliphatic heterocycles. The molecule has 0 saturated carbocycles. The van der Waals surface area contributed by atoms with E-state index in [-0.39, 0.29) is 23.1 Å². The number of benzene rings is 1. The van der Waals surface area contributed by atoms with Crippen molar-refractivity contribution in [3.05, 3.63) is 34.1 Å². The van der Waals surface area contributed by atoms with E-state index in [0.29, 0.717) is 13.1 Å². The Hall–Kier alpha value is -0.660. The van der Waals surface area contributed by atoms with E-state index in [0.717, 1.165) is 0 Å². The molecule has 2 rings (SSSR count). The van der Waals surface area contributed by atoms with Crippen LogP contribution in [0.25, 0.3) is 0 Å². The number of hydrogen-bond acceptors (Lipinski definition) is 2. The summed E-state index contributed by atoms with van der Waals surface area (Å²) in [6, 6.07) is 2.11. The van der Waals surface area contributed by atoms with E-state index in [1.54, 1.807) is 0 Å². The predicted octanol–water partition coefficient (Wildman–Crippen LogP) is 3.10. The molecule has 1 saturated heterocycles. The van der Waals surface area contributed by atoms with Crippen LogP contribution in [0, 0.1) is 5.82 Å². The van der Waals surface area contributed by atoms with Crippen molar-refractivity contribution in [2.45, 2.75) is 12.2 Å². The van der Waals surface area contributed by atoms with Gasteiger partial charge < -0.3 is 5.32 Å². The quantitative estimate of drug-likeness (QED) is 0.832. The molecule has 0 aromatic heterocycles. The van der Waals surface area contributed by atoms with E-state index in [2.05, 4.69) is 21.2 Å². The first kappa shape index (κ1) is 14.7. The van der Waals surface area contributed by atoms with Crippen LogP contribution in [0.4, 0.5) is 17.6 Å².